The zero-order valence-corrected chi connectivity index (χ0v) is 10.0. The Hall–Kier alpha value is -0.521. The third-order valence-corrected chi connectivity index (χ3v) is 3.19. The average molecular weight is 230 g/mol. The second-order valence-corrected chi connectivity index (χ2v) is 4.95. The molecule has 0 amide bonds. The monoisotopic (exact) mass is 230 g/mol. The molecule has 14 heavy (non-hydrogen) atoms. The van der Waals surface area contributed by atoms with E-state index in [9.17, 15) is 0 Å². The summed E-state index contributed by atoms with van der Waals surface area (Å²) in [7, 11) is 0. The molecule has 0 spiro atoms. The van der Waals surface area contributed by atoms with Crippen molar-refractivity contribution in [2.75, 3.05) is 0 Å². The summed E-state index contributed by atoms with van der Waals surface area (Å²) in [5, 5.41) is 0. The van der Waals surface area contributed by atoms with E-state index in [0.717, 1.165) is 12.8 Å². The Morgan fingerprint density at radius 1 is 1.00 bits per heavy atom. The summed E-state index contributed by atoms with van der Waals surface area (Å²) in [6.45, 7) is 4.25. The molecule has 1 heteroatoms. The molecule has 0 aromatic heterocycles. The Morgan fingerprint density at radius 3 is 1.71 bits per heavy atom. The van der Waals surface area contributed by atoms with Gasteiger partial charge >= 0.3 is 73.2 Å². The molecule has 0 saturated heterocycles. The molecule has 0 aliphatic heterocycles. The number of hydrogen-bond acceptors (Lipinski definition) is 0. The molecule has 0 heterocycles. The smallest absolute Gasteiger partial charge is 0.0590 e. The zero-order chi connectivity index (χ0) is 10.2. The van der Waals surface area contributed by atoms with Crippen molar-refractivity contribution in [2.24, 2.45) is 0 Å². The van der Waals surface area contributed by atoms with Crippen LogP contribution in [0.15, 0.2) is 45.4 Å². The van der Waals surface area contributed by atoms with E-state index in [2.05, 4.69) is 50.3 Å². The molecular weight excluding hydrogens is 212 g/mol. The van der Waals surface area contributed by atoms with Crippen LogP contribution in [0.25, 0.3) is 0 Å². The van der Waals surface area contributed by atoms with Gasteiger partial charge in [-0.25, -0.2) is 0 Å². The zero-order valence-electron chi connectivity index (χ0n) is 8.94. The first kappa shape index (κ1) is 11.6. The van der Waals surface area contributed by atoms with Gasteiger partial charge < -0.3 is 0 Å². The fourth-order valence-corrected chi connectivity index (χ4v) is 2.45. The van der Waals surface area contributed by atoms with Gasteiger partial charge in [0, 0.05) is 0 Å². The van der Waals surface area contributed by atoms with Crippen molar-refractivity contribution in [1.82, 2.24) is 0 Å². The number of allylic oxidation sites excluding steroid dienone is 8. The van der Waals surface area contributed by atoms with Crippen LogP contribution < -0.4 is 0 Å². The van der Waals surface area contributed by atoms with E-state index in [1.54, 1.807) is 8.94 Å². The van der Waals surface area contributed by atoms with Crippen LogP contribution >= 0.6 is 0 Å². The molecule has 0 fully saturated rings. The van der Waals surface area contributed by atoms with E-state index in [1.807, 2.05) is 0 Å². The standard InChI is InChI=1S/2C5H5.C3H8.Fe/c2*1-2-4-5-3-1;1-3-2;/h2*1-3H,4H2;3H2,1-2H3;. The fraction of sp³-hybridized carbons (Fsp3) is 0.385. The number of rotatable bonds is 2. The van der Waals surface area contributed by atoms with Gasteiger partial charge in [-0.2, -0.15) is 0 Å². The van der Waals surface area contributed by atoms with Gasteiger partial charge in [0.25, 0.3) is 0 Å². The van der Waals surface area contributed by atoms with Crippen LogP contribution in [-0.2, 0) is 15.0 Å². The second kappa shape index (κ2) is 6.86. The third kappa shape index (κ3) is 4.13. The van der Waals surface area contributed by atoms with Crippen molar-refractivity contribution in [3.05, 3.63) is 45.4 Å². The van der Waals surface area contributed by atoms with E-state index < -0.39 is 0 Å². The summed E-state index contributed by atoms with van der Waals surface area (Å²) in [4.78, 5) is 0. The molecule has 0 radical (unpaired) electrons. The molecule has 0 aromatic carbocycles. The van der Waals surface area contributed by atoms with Crippen LogP contribution in [0.5, 0.6) is 0 Å². The molecule has 0 N–H and O–H groups in total. The molecule has 2 aliphatic rings. The van der Waals surface area contributed by atoms with Gasteiger partial charge in [-0.3, -0.25) is 0 Å². The first-order valence-electron chi connectivity index (χ1n) is 5.20. The summed E-state index contributed by atoms with van der Waals surface area (Å²) < 4.78 is 3.11. The average Bonchev–Trinajstić information content (AvgIpc) is 2.79. The first-order valence-corrected chi connectivity index (χ1v) is 6.31. The van der Waals surface area contributed by atoms with Gasteiger partial charge in [0.15, 0.2) is 0 Å². The minimum atomic E-state index is 1.16. The van der Waals surface area contributed by atoms with Gasteiger partial charge in [-0.1, -0.05) is 20.3 Å². The molecule has 0 atom stereocenters. The summed E-state index contributed by atoms with van der Waals surface area (Å²) in [5.74, 6) is 0. The van der Waals surface area contributed by atoms with Crippen LogP contribution in [0.1, 0.15) is 33.1 Å². The molecule has 2 aliphatic carbocycles. The van der Waals surface area contributed by atoms with E-state index >= 15 is 0 Å². The molecule has 78 valence electrons. The minimum absolute atomic E-state index is 1.16. The van der Waals surface area contributed by atoms with Crippen molar-refractivity contribution >= 4 is 0 Å². The molecule has 0 saturated carbocycles. The SMILES string of the molecule is C1=CC[C]([Fe][C]2=CC=CC2)=C1.CCC. The maximum Gasteiger partial charge on any atom is -0.0590 e. The quantitative estimate of drug-likeness (QED) is 0.624. The summed E-state index contributed by atoms with van der Waals surface area (Å²) in [5.41, 5.74) is 0. The van der Waals surface area contributed by atoms with Crippen molar-refractivity contribution in [1.29, 1.82) is 0 Å². The topological polar surface area (TPSA) is 0 Å². The predicted molar refractivity (Wildman–Crippen MR) is 59.6 cm³/mol. The summed E-state index contributed by atoms with van der Waals surface area (Å²) in [6, 6.07) is 0. The minimum Gasteiger partial charge on any atom is -0.0656 e. The van der Waals surface area contributed by atoms with E-state index in [0.29, 0.717) is 0 Å². The fourth-order valence-electron chi connectivity index (χ4n) is 1.11. The van der Waals surface area contributed by atoms with Crippen LogP contribution in [-0.4, -0.2) is 0 Å². The molecule has 2 rings (SSSR count). The van der Waals surface area contributed by atoms with Gasteiger partial charge in [-0.05, 0) is 0 Å². The summed E-state index contributed by atoms with van der Waals surface area (Å²) >= 11 is 1.18. The van der Waals surface area contributed by atoms with Gasteiger partial charge in [0.2, 0.25) is 0 Å². The molecule has 0 aromatic rings. The predicted octanol–water partition coefficient (Wildman–Crippen LogP) is 4.17. The van der Waals surface area contributed by atoms with Crippen molar-refractivity contribution in [3.63, 3.8) is 0 Å². The van der Waals surface area contributed by atoms with Crippen LogP contribution in [0, 0.1) is 0 Å². The van der Waals surface area contributed by atoms with Crippen molar-refractivity contribution < 1.29 is 15.0 Å². The second-order valence-electron chi connectivity index (χ2n) is 3.26. The normalized spacial score (nSPS) is 17.9. The Morgan fingerprint density at radius 2 is 1.43 bits per heavy atom. The molecule has 0 unspecified atom stereocenters. The maximum atomic E-state index is 2.24. The molecule has 0 bridgehead atoms. The van der Waals surface area contributed by atoms with Crippen LogP contribution in [0.4, 0.5) is 0 Å². The summed E-state index contributed by atoms with van der Waals surface area (Å²) in [6.07, 6.45) is 16.8. The van der Waals surface area contributed by atoms with Gasteiger partial charge in [0.05, 0.1) is 0 Å². The van der Waals surface area contributed by atoms with Gasteiger partial charge in [-0.15, -0.1) is 0 Å². The van der Waals surface area contributed by atoms with E-state index in [1.165, 1.54) is 21.4 Å². The Bertz CT molecular complexity index is 252. The largest absolute Gasteiger partial charge is 0.0656 e. The van der Waals surface area contributed by atoms with Crippen LogP contribution in [0.2, 0.25) is 0 Å². The first-order chi connectivity index (χ1) is 6.86. The van der Waals surface area contributed by atoms with Crippen LogP contribution in [0.3, 0.4) is 0 Å². The van der Waals surface area contributed by atoms with E-state index in [4.69, 9.17) is 0 Å². The van der Waals surface area contributed by atoms with E-state index in [-0.39, 0.29) is 0 Å². The maximum absolute atomic E-state index is 2.24. The Labute approximate surface area is 93.6 Å². The molecular formula is C13H18Fe. The number of hydrogen-bond donors (Lipinski definition) is 0. The third-order valence-electron chi connectivity index (χ3n) is 1.66. The Balaban J connectivity index is 0.000000293. The van der Waals surface area contributed by atoms with Gasteiger partial charge in [0.1, 0.15) is 0 Å². The molecule has 0 nitrogen and oxygen atoms in total. The van der Waals surface area contributed by atoms with Crippen molar-refractivity contribution in [3.8, 4) is 0 Å². The Kier molecular flexibility index (Phi) is 5.66. The van der Waals surface area contributed by atoms with Crippen molar-refractivity contribution in [2.45, 2.75) is 33.1 Å².